The zero-order valence-electron chi connectivity index (χ0n) is 6.06. The van der Waals surface area contributed by atoms with E-state index in [0.717, 1.165) is 0 Å². The Balaban J connectivity index is 3.09. The van der Waals surface area contributed by atoms with Crippen molar-refractivity contribution in [3.8, 4) is 5.75 Å². The van der Waals surface area contributed by atoms with E-state index in [1.54, 1.807) is 0 Å². The fourth-order valence-corrected chi connectivity index (χ4v) is 1.43. The molecule has 1 atom stereocenters. The molecule has 0 aliphatic rings. The Hall–Kier alpha value is -0.790. The smallest absolute Gasteiger partial charge is 0.226 e. The third-order valence-corrected chi connectivity index (χ3v) is 2.59. The number of benzene rings is 1. The van der Waals surface area contributed by atoms with E-state index in [0.29, 0.717) is 5.30 Å². The second-order valence-corrected chi connectivity index (χ2v) is 4.67. The molecule has 0 amide bonds. The van der Waals surface area contributed by atoms with Gasteiger partial charge in [0.05, 0.1) is 0 Å². The minimum Gasteiger partial charge on any atom is -0.508 e. The number of hydrogen-bond acceptors (Lipinski definition) is 2. The van der Waals surface area contributed by atoms with E-state index in [-0.39, 0.29) is 5.75 Å². The van der Waals surface area contributed by atoms with E-state index in [1.807, 2.05) is 0 Å². The van der Waals surface area contributed by atoms with Crippen molar-refractivity contribution < 1.29 is 14.6 Å². The Bertz CT molecular complexity index is 285. The number of aromatic hydroxyl groups is 1. The van der Waals surface area contributed by atoms with Gasteiger partial charge in [0.15, 0.2) is 0 Å². The molecule has 0 heterocycles. The van der Waals surface area contributed by atoms with Crippen LogP contribution in [0.5, 0.6) is 5.75 Å². The number of rotatable bonds is 1. The number of hydrogen-bond donors (Lipinski definition) is 2. The largest absolute Gasteiger partial charge is 0.508 e. The summed E-state index contributed by atoms with van der Waals surface area (Å²) in [6, 6.07) is 5.66. The zero-order valence-corrected chi connectivity index (χ0v) is 6.95. The summed E-state index contributed by atoms with van der Waals surface area (Å²) in [6.45, 7) is 1.26. The Morgan fingerprint density at radius 1 is 1.27 bits per heavy atom. The summed E-state index contributed by atoms with van der Waals surface area (Å²) in [5.74, 6) is 0.0993. The molecule has 1 unspecified atom stereocenters. The molecule has 4 heteroatoms. The lowest BCUT2D eigenvalue weighted by Crippen LogP contribution is -2.00. The summed E-state index contributed by atoms with van der Waals surface area (Å²) >= 11 is 0. The summed E-state index contributed by atoms with van der Waals surface area (Å²) in [5.41, 5.74) is 0. The first-order chi connectivity index (χ1) is 5.00. The maximum Gasteiger partial charge on any atom is 0.226 e. The standard InChI is InChI=1S/C7H9O3P/c1-11(9,10)7-4-2-6(8)3-5-7/h2-5,8H,1H3,(H,9,10). The minimum atomic E-state index is -3.15. The molecule has 0 aliphatic carbocycles. The normalized spacial score (nSPS) is 15.8. The van der Waals surface area contributed by atoms with Gasteiger partial charge in [0.1, 0.15) is 5.75 Å². The highest BCUT2D eigenvalue weighted by atomic mass is 31.2. The molecule has 0 saturated heterocycles. The lowest BCUT2D eigenvalue weighted by molar-refractivity contribution is 0.475. The average molecular weight is 172 g/mol. The summed E-state index contributed by atoms with van der Waals surface area (Å²) in [7, 11) is -3.15. The maximum absolute atomic E-state index is 11.0. The SMILES string of the molecule is CP(=O)(O)c1ccc(O)cc1. The molecule has 11 heavy (non-hydrogen) atoms. The van der Waals surface area contributed by atoms with E-state index in [9.17, 15) is 4.57 Å². The number of phenolic OH excluding ortho intramolecular Hbond substituents is 1. The van der Waals surface area contributed by atoms with E-state index < -0.39 is 7.37 Å². The van der Waals surface area contributed by atoms with Gasteiger partial charge in [0.25, 0.3) is 0 Å². The van der Waals surface area contributed by atoms with Crippen molar-refractivity contribution in [3.05, 3.63) is 24.3 Å². The average Bonchev–Trinajstić information content (AvgIpc) is 1.86. The van der Waals surface area contributed by atoms with Crippen LogP contribution in [-0.2, 0) is 4.57 Å². The highest BCUT2D eigenvalue weighted by Gasteiger charge is 2.12. The van der Waals surface area contributed by atoms with Gasteiger partial charge < -0.3 is 10.00 Å². The highest BCUT2D eigenvalue weighted by Crippen LogP contribution is 2.33. The predicted octanol–water partition coefficient (Wildman–Crippen LogP) is 0.918. The van der Waals surface area contributed by atoms with Gasteiger partial charge in [0, 0.05) is 12.0 Å². The van der Waals surface area contributed by atoms with Crippen LogP contribution < -0.4 is 5.30 Å². The van der Waals surface area contributed by atoms with Crippen molar-refractivity contribution in [2.24, 2.45) is 0 Å². The van der Waals surface area contributed by atoms with Crippen molar-refractivity contribution in [1.82, 2.24) is 0 Å². The van der Waals surface area contributed by atoms with Crippen LogP contribution in [-0.4, -0.2) is 16.7 Å². The molecule has 1 aromatic carbocycles. The van der Waals surface area contributed by atoms with Crippen LogP contribution in [0.3, 0.4) is 0 Å². The zero-order chi connectivity index (χ0) is 8.48. The second kappa shape index (κ2) is 2.68. The summed E-state index contributed by atoms with van der Waals surface area (Å²) < 4.78 is 11.0. The van der Waals surface area contributed by atoms with Gasteiger partial charge in [-0.15, -0.1) is 0 Å². The summed E-state index contributed by atoms with van der Waals surface area (Å²) in [6.07, 6.45) is 0. The molecule has 1 rings (SSSR count). The van der Waals surface area contributed by atoms with Gasteiger partial charge in [-0.1, -0.05) is 0 Å². The van der Waals surface area contributed by atoms with E-state index in [1.165, 1.54) is 30.9 Å². The second-order valence-electron chi connectivity index (χ2n) is 2.40. The van der Waals surface area contributed by atoms with E-state index in [2.05, 4.69) is 0 Å². The van der Waals surface area contributed by atoms with Crippen molar-refractivity contribution >= 4 is 12.7 Å². The fourth-order valence-electron chi connectivity index (χ4n) is 0.729. The lowest BCUT2D eigenvalue weighted by atomic mass is 10.3. The molecule has 0 bridgehead atoms. The van der Waals surface area contributed by atoms with Gasteiger partial charge in [-0.3, -0.25) is 4.57 Å². The Morgan fingerprint density at radius 3 is 2.09 bits per heavy atom. The molecule has 0 fully saturated rings. The van der Waals surface area contributed by atoms with Crippen molar-refractivity contribution in [2.75, 3.05) is 6.66 Å². The Labute approximate surface area is 64.8 Å². The van der Waals surface area contributed by atoms with Crippen LogP contribution in [0.1, 0.15) is 0 Å². The molecule has 0 aliphatic heterocycles. The van der Waals surface area contributed by atoms with Gasteiger partial charge >= 0.3 is 0 Å². The molecule has 60 valence electrons. The molecule has 1 aromatic rings. The first kappa shape index (κ1) is 8.31. The van der Waals surface area contributed by atoms with Crippen molar-refractivity contribution in [2.45, 2.75) is 0 Å². The summed E-state index contributed by atoms with van der Waals surface area (Å²) in [4.78, 5) is 9.05. The van der Waals surface area contributed by atoms with Gasteiger partial charge in [0.2, 0.25) is 7.37 Å². The summed E-state index contributed by atoms with van der Waals surface area (Å²) in [5, 5.41) is 9.21. The molecular formula is C7H9O3P. The Morgan fingerprint density at radius 2 is 1.73 bits per heavy atom. The van der Waals surface area contributed by atoms with E-state index >= 15 is 0 Å². The van der Waals surface area contributed by atoms with Gasteiger partial charge in [-0.05, 0) is 24.3 Å². The highest BCUT2D eigenvalue weighted by molar-refractivity contribution is 7.65. The van der Waals surface area contributed by atoms with Crippen LogP contribution in [0.4, 0.5) is 0 Å². The van der Waals surface area contributed by atoms with Crippen LogP contribution in [0.2, 0.25) is 0 Å². The Kier molecular flexibility index (Phi) is 2.03. The van der Waals surface area contributed by atoms with Crippen molar-refractivity contribution in [3.63, 3.8) is 0 Å². The van der Waals surface area contributed by atoms with Crippen LogP contribution in [0.15, 0.2) is 24.3 Å². The molecule has 2 N–H and O–H groups in total. The van der Waals surface area contributed by atoms with Crippen molar-refractivity contribution in [1.29, 1.82) is 0 Å². The molecule has 0 saturated carbocycles. The number of phenols is 1. The maximum atomic E-state index is 11.0. The minimum absolute atomic E-state index is 0.0993. The van der Waals surface area contributed by atoms with Crippen LogP contribution >= 0.6 is 7.37 Å². The molecule has 0 aromatic heterocycles. The monoisotopic (exact) mass is 172 g/mol. The van der Waals surface area contributed by atoms with Gasteiger partial charge in [-0.25, -0.2) is 0 Å². The first-order valence-electron chi connectivity index (χ1n) is 3.10. The molecule has 0 radical (unpaired) electrons. The van der Waals surface area contributed by atoms with E-state index in [4.69, 9.17) is 10.00 Å². The fraction of sp³-hybridized carbons (Fsp3) is 0.143. The van der Waals surface area contributed by atoms with Gasteiger partial charge in [-0.2, -0.15) is 0 Å². The third-order valence-electron chi connectivity index (χ3n) is 1.33. The van der Waals surface area contributed by atoms with Crippen LogP contribution in [0, 0.1) is 0 Å². The molecule has 0 spiro atoms. The third kappa shape index (κ3) is 2.07. The molecular weight excluding hydrogens is 163 g/mol. The molecule has 3 nitrogen and oxygen atoms in total. The first-order valence-corrected chi connectivity index (χ1v) is 5.21. The lowest BCUT2D eigenvalue weighted by Gasteiger charge is -2.03. The quantitative estimate of drug-likeness (QED) is 0.619. The predicted molar refractivity (Wildman–Crippen MR) is 43.5 cm³/mol. The topological polar surface area (TPSA) is 57.5 Å². The van der Waals surface area contributed by atoms with Crippen LogP contribution in [0.25, 0.3) is 0 Å².